The number of aliphatic hydroxyl groups is 1. The number of aromatic nitrogens is 3. The molecule has 0 bridgehead atoms. The molecule has 9 nitrogen and oxygen atoms in total. The zero-order valence-corrected chi connectivity index (χ0v) is 21.6. The molecule has 196 valence electrons. The van der Waals surface area contributed by atoms with E-state index in [9.17, 15) is 14.7 Å². The monoisotopic (exact) mass is 512 g/mol. The summed E-state index contributed by atoms with van der Waals surface area (Å²) in [4.78, 5) is 44.2. The first-order chi connectivity index (χ1) is 18.4. The van der Waals surface area contributed by atoms with Crippen molar-refractivity contribution >= 4 is 34.5 Å². The molecule has 2 aromatic carbocycles. The molecule has 1 aliphatic heterocycles. The zero-order valence-electron chi connectivity index (χ0n) is 21.6. The zero-order chi connectivity index (χ0) is 26.6. The Morgan fingerprint density at radius 1 is 1.16 bits per heavy atom. The van der Waals surface area contributed by atoms with Crippen molar-refractivity contribution in [3.63, 3.8) is 0 Å². The summed E-state index contributed by atoms with van der Waals surface area (Å²) >= 11 is 0. The van der Waals surface area contributed by atoms with Crippen LogP contribution in [-0.4, -0.2) is 69.9 Å². The maximum atomic E-state index is 12.9. The van der Waals surface area contributed by atoms with Crippen LogP contribution in [0.4, 0.5) is 11.4 Å². The van der Waals surface area contributed by atoms with E-state index in [1.54, 1.807) is 25.4 Å². The van der Waals surface area contributed by atoms with Gasteiger partial charge < -0.3 is 24.9 Å². The van der Waals surface area contributed by atoms with Crippen molar-refractivity contribution in [2.45, 2.75) is 20.3 Å². The number of nitrogens with one attached hydrogen (secondary N) is 2. The molecule has 9 heteroatoms. The van der Waals surface area contributed by atoms with Gasteiger partial charge in [0.2, 0.25) is 5.91 Å². The quantitative estimate of drug-likeness (QED) is 0.328. The third kappa shape index (κ3) is 5.38. The fraction of sp³-hybridized carbons (Fsp3) is 0.310. The minimum Gasteiger partial charge on any atom is -0.396 e. The van der Waals surface area contributed by atoms with Gasteiger partial charge in [-0.05, 0) is 42.7 Å². The number of nitrogens with zero attached hydrogens (tertiary/aromatic N) is 4. The first-order valence-corrected chi connectivity index (χ1v) is 12.8. The highest BCUT2D eigenvalue weighted by atomic mass is 16.3. The summed E-state index contributed by atoms with van der Waals surface area (Å²) in [5, 5.41) is 9.91. The van der Waals surface area contributed by atoms with Gasteiger partial charge in [0.05, 0.1) is 23.3 Å². The van der Waals surface area contributed by atoms with Gasteiger partial charge in [-0.1, -0.05) is 30.3 Å². The van der Waals surface area contributed by atoms with E-state index in [4.69, 9.17) is 4.98 Å². The number of H-pyrrole nitrogens is 2. The van der Waals surface area contributed by atoms with Gasteiger partial charge in [0.1, 0.15) is 11.4 Å². The number of fused-ring (bicyclic) bond motifs is 1. The standard InChI is InChI=1S/C29H32N6O3/c1-19-14-23(35-12-10-34(11-13-35)20(2)37)16-25-27(19)33-28(32-25)26-24(8-9-30-29(26)38)31-17-22(18-36)15-21-6-4-3-5-7-21/h3-9,14,16-17,22,36H,10-13,15,18H2,1-2H3,(H,30,38)(H,32,33). The van der Waals surface area contributed by atoms with Crippen LogP contribution in [-0.2, 0) is 11.2 Å². The van der Waals surface area contributed by atoms with Crippen LogP contribution < -0.4 is 10.5 Å². The Morgan fingerprint density at radius 2 is 1.92 bits per heavy atom. The van der Waals surface area contributed by atoms with Crippen LogP contribution in [0.3, 0.4) is 0 Å². The molecular formula is C29H32N6O3. The van der Waals surface area contributed by atoms with Crippen molar-refractivity contribution in [2.75, 3.05) is 37.7 Å². The summed E-state index contributed by atoms with van der Waals surface area (Å²) < 4.78 is 0. The highest BCUT2D eigenvalue weighted by Crippen LogP contribution is 2.30. The van der Waals surface area contributed by atoms with Crippen molar-refractivity contribution in [1.82, 2.24) is 19.9 Å². The number of amides is 1. The molecule has 1 fully saturated rings. The van der Waals surface area contributed by atoms with E-state index in [1.165, 1.54) is 0 Å². The second-order valence-corrected chi connectivity index (χ2v) is 9.71. The Kier molecular flexibility index (Phi) is 7.37. The minimum atomic E-state index is -0.291. The normalized spacial score (nSPS) is 14.9. The molecule has 38 heavy (non-hydrogen) atoms. The number of hydrogen-bond donors (Lipinski definition) is 3. The fourth-order valence-electron chi connectivity index (χ4n) is 4.92. The number of carbonyl (C=O) groups excluding carboxylic acids is 1. The number of aliphatic imine (C=N–C) groups is 1. The van der Waals surface area contributed by atoms with Crippen LogP contribution in [0.5, 0.6) is 0 Å². The molecule has 0 saturated carbocycles. The largest absolute Gasteiger partial charge is 0.396 e. The van der Waals surface area contributed by atoms with Gasteiger partial charge in [0.15, 0.2) is 0 Å². The smallest absolute Gasteiger partial charge is 0.261 e. The minimum absolute atomic E-state index is 0.0514. The molecule has 3 heterocycles. The molecule has 1 atom stereocenters. The van der Waals surface area contributed by atoms with Crippen LogP contribution in [0.1, 0.15) is 18.1 Å². The van der Waals surface area contributed by atoms with Gasteiger partial charge in [-0.25, -0.2) is 4.98 Å². The van der Waals surface area contributed by atoms with Crippen LogP contribution >= 0.6 is 0 Å². The number of hydrogen-bond acceptors (Lipinski definition) is 6. The second-order valence-electron chi connectivity index (χ2n) is 9.71. The average molecular weight is 513 g/mol. The molecule has 4 aromatic rings. The molecule has 2 aromatic heterocycles. The van der Waals surface area contributed by atoms with Crippen LogP contribution in [0.2, 0.25) is 0 Å². The molecule has 3 N–H and O–H groups in total. The first kappa shape index (κ1) is 25.4. The predicted molar refractivity (Wildman–Crippen MR) is 150 cm³/mol. The van der Waals surface area contributed by atoms with E-state index in [-0.39, 0.29) is 24.0 Å². The van der Waals surface area contributed by atoms with Crippen molar-refractivity contribution in [1.29, 1.82) is 0 Å². The Hall–Kier alpha value is -4.24. The molecule has 1 saturated heterocycles. The van der Waals surface area contributed by atoms with E-state index in [0.717, 1.165) is 40.9 Å². The number of aryl methyl sites for hydroxylation is 1. The number of aliphatic hydroxyl groups excluding tert-OH is 1. The van der Waals surface area contributed by atoms with E-state index in [1.807, 2.05) is 48.2 Å². The van der Waals surface area contributed by atoms with Crippen molar-refractivity contribution in [3.05, 3.63) is 76.2 Å². The lowest BCUT2D eigenvalue weighted by Gasteiger charge is -2.35. The lowest BCUT2D eigenvalue weighted by atomic mass is 10.0. The summed E-state index contributed by atoms with van der Waals surface area (Å²) in [5.74, 6) is 0.360. The van der Waals surface area contributed by atoms with Crippen molar-refractivity contribution in [3.8, 4) is 11.4 Å². The van der Waals surface area contributed by atoms with Crippen LogP contribution in [0.15, 0.2) is 64.5 Å². The van der Waals surface area contributed by atoms with Gasteiger partial charge in [-0.3, -0.25) is 14.6 Å². The number of piperazine rings is 1. The maximum Gasteiger partial charge on any atom is 0.261 e. The molecular weight excluding hydrogens is 480 g/mol. The summed E-state index contributed by atoms with van der Waals surface area (Å²) in [6.07, 6.45) is 3.92. The van der Waals surface area contributed by atoms with E-state index < -0.39 is 0 Å². The van der Waals surface area contributed by atoms with E-state index in [0.29, 0.717) is 36.6 Å². The highest BCUT2D eigenvalue weighted by Gasteiger charge is 2.21. The maximum absolute atomic E-state index is 12.9. The number of anilines is 1. The SMILES string of the molecule is CC(=O)N1CCN(c2cc(C)c3nc(-c4c(N=CC(CO)Cc5ccccc5)cc[nH]c4=O)[nH]c3c2)CC1. The summed E-state index contributed by atoms with van der Waals surface area (Å²) in [6.45, 7) is 6.47. The van der Waals surface area contributed by atoms with Gasteiger partial charge in [-0.15, -0.1) is 0 Å². The third-order valence-electron chi connectivity index (χ3n) is 7.03. The van der Waals surface area contributed by atoms with Crippen molar-refractivity contribution < 1.29 is 9.90 Å². The number of aromatic amines is 2. The Balaban J connectivity index is 1.44. The van der Waals surface area contributed by atoms with Gasteiger partial charge in [-0.2, -0.15) is 0 Å². The topological polar surface area (TPSA) is 118 Å². The molecule has 0 radical (unpaired) electrons. The summed E-state index contributed by atoms with van der Waals surface area (Å²) in [6, 6.07) is 15.8. The lowest BCUT2D eigenvalue weighted by Crippen LogP contribution is -2.48. The first-order valence-electron chi connectivity index (χ1n) is 12.8. The fourth-order valence-corrected chi connectivity index (χ4v) is 4.92. The molecule has 1 amide bonds. The molecule has 1 aliphatic rings. The highest BCUT2D eigenvalue weighted by molar-refractivity contribution is 5.88. The second kappa shape index (κ2) is 11.0. The average Bonchev–Trinajstić information content (AvgIpc) is 3.36. The summed E-state index contributed by atoms with van der Waals surface area (Å²) in [7, 11) is 0. The van der Waals surface area contributed by atoms with E-state index in [2.05, 4.69) is 25.9 Å². The molecule has 0 spiro atoms. The number of imidazole rings is 1. The van der Waals surface area contributed by atoms with Gasteiger partial charge in [0, 0.05) is 57.1 Å². The number of pyridine rings is 1. The van der Waals surface area contributed by atoms with Crippen LogP contribution in [0.25, 0.3) is 22.4 Å². The van der Waals surface area contributed by atoms with Crippen molar-refractivity contribution in [2.24, 2.45) is 10.9 Å². The Bertz CT molecular complexity index is 1520. The number of rotatable bonds is 7. The molecule has 0 aliphatic carbocycles. The number of carbonyl (C=O) groups is 1. The molecule has 1 unspecified atom stereocenters. The Morgan fingerprint density at radius 3 is 2.63 bits per heavy atom. The Labute approximate surface area is 220 Å². The number of benzene rings is 2. The van der Waals surface area contributed by atoms with E-state index >= 15 is 0 Å². The van der Waals surface area contributed by atoms with Gasteiger partial charge in [0.25, 0.3) is 5.56 Å². The van der Waals surface area contributed by atoms with Crippen LogP contribution in [0, 0.1) is 12.8 Å². The van der Waals surface area contributed by atoms with Gasteiger partial charge >= 0.3 is 0 Å². The summed E-state index contributed by atoms with van der Waals surface area (Å²) in [5.41, 5.74) is 5.33. The predicted octanol–water partition coefficient (Wildman–Crippen LogP) is 3.45. The lowest BCUT2D eigenvalue weighted by molar-refractivity contribution is -0.129. The molecule has 5 rings (SSSR count). The third-order valence-corrected chi connectivity index (χ3v) is 7.03.